The quantitative estimate of drug-likeness (QED) is 0.289. The molecule has 0 aliphatic heterocycles. The number of thiophene rings is 1. The average Bonchev–Trinajstić information content (AvgIpc) is 3.31. The molecule has 0 fully saturated rings. The predicted octanol–water partition coefficient (Wildman–Crippen LogP) is 7.68. The first-order valence-corrected chi connectivity index (χ1v) is 11.0. The van der Waals surface area contributed by atoms with Gasteiger partial charge >= 0.3 is 0 Å². The van der Waals surface area contributed by atoms with Crippen molar-refractivity contribution in [3.05, 3.63) is 96.1 Å². The molecule has 6 rings (SSSR count). The van der Waals surface area contributed by atoms with Crippen LogP contribution in [0.1, 0.15) is 11.1 Å². The summed E-state index contributed by atoms with van der Waals surface area (Å²) in [6.45, 7) is 4.36. The summed E-state index contributed by atoms with van der Waals surface area (Å²) in [5.41, 5.74) is 7.05. The van der Waals surface area contributed by atoms with Crippen LogP contribution in [0.3, 0.4) is 0 Å². The Hall–Kier alpha value is -3.43. The second-order valence-corrected chi connectivity index (χ2v) is 8.90. The predicted molar refractivity (Wildman–Crippen MR) is 129 cm³/mol. The number of rotatable bonds is 2. The van der Waals surface area contributed by atoms with Gasteiger partial charge in [-0.05, 0) is 43.2 Å². The Balaban J connectivity index is 1.77. The van der Waals surface area contributed by atoms with E-state index in [1.54, 1.807) is 0 Å². The maximum atomic E-state index is 5.15. The highest BCUT2D eigenvalue weighted by Gasteiger charge is 2.19. The summed E-state index contributed by atoms with van der Waals surface area (Å²) in [5.74, 6) is 0.991. The van der Waals surface area contributed by atoms with E-state index in [2.05, 4.69) is 103 Å². The molecule has 0 saturated carbocycles. The van der Waals surface area contributed by atoms with Crippen LogP contribution in [-0.4, -0.2) is 9.55 Å². The van der Waals surface area contributed by atoms with Crippen LogP contribution >= 0.6 is 11.3 Å². The van der Waals surface area contributed by atoms with Crippen molar-refractivity contribution in [2.24, 2.45) is 0 Å². The number of hydrogen-bond acceptors (Lipinski definition) is 2. The Labute approximate surface area is 179 Å². The van der Waals surface area contributed by atoms with Crippen LogP contribution in [0, 0.1) is 13.8 Å². The number of fused-ring (bicyclic) bond motifs is 4. The number of aryl methyl sites for hydroxylation is 2. The van der Waals surface area contributed by atoms with Crippen LogP contribution in [0.4, 0.5) is 0 Å². The summed E-state index contributed by atoms with van der Waals surface area (Å²) in [7, 11) is 0. The minimum atomic E-state index is 0.991. The highest BCUT2D eigenvalue weighted by atomic mass is 32.1. The summed E-state index contributed by atoms with van der Waals surface area (Å²) in [4.78, 5) is 5.15. The van der Waals surface area contributed by atoms with E-state index in [-0.39, 0.29) is 0 Å². The zero-order valence-corrected chi connectivity index (χ0v) is 17.7. The summed E-state index contributed by atoms with van der Waals surface area (Å²) >= 11 is 1.85. The number of imidazole rings is 1. The van der Waals surface area contributed by atoms with E-state index in [1.807, 2.05) is 11.3 Å². The van der Waals surface area contributed by atoms with Crippen molar-refractivity contribution in [2.45, 2.75) is 13.8 Å². The Morgan fingerprint density at radius 2 is 1.43 bits per heavy atom. The number of benzene rings is 4. The van der Waals surface area contributed by atoms with Crippen LogP contribution in [0.5, 0.6) is 0 Å². The standard InChI is InChI=1S/C27H20N2S/c1-17-9-8-10-18(2)26(17)29-23-16-25-21(20-13-6-7-14-24(20)30-25)15-22(23)28-27(29)19-11-4-3-5-12-19/h3-16H,1-2H3. The number of nitrogens with zero attached hydrogens (tertiary/aromatic N) is 2. The molecule has 3 heteroatoms. The molecule has 2 nitrogen and oxygen atoms in total. The van der Waals surface area contributed by atoms with Crippen molar-refractivity contribution in [2.75, 3.05) is 0 Å². The first-order valence-electron chi connectivity index (χ1n) is 10.2. The molecule has 0 spiro atoms. The first kappa shape index (κ1) is 17.4. The van der Waals surface area contributed by atoms with Crippen LogP contribution in [0.25, 0.3) is 48.3 Å². The second kappa shape index (κ2) is 6.54. The summed E-state index contributed by atoms with van der Waals surface area (Å²) < 4.78 is 4.97. The maximum absolute atomic E-state index is 5.15. The van der Waals surface area contributed by atoms with Crippen molar-refractivity contribution < 1.29 is 0 Å². The molecule has 2 aromatic heterocycles. The SMILES string of the molecule is Cc1cccc(C)c1-n1c(-c2ccccc2)nc2cc3c(cc21)sc1ccccc13. The molecule has 30 heavy (non-hydrogen) atoms. The molecule has 0 bridgehead atoms. The fourth-order valence-electron chi connectivity index (χ4n) is 4.46. The van der Waals surface area contributed by atoms with Gasteiger partial charge in [-0.1, -0.05) is 66.7 Å². The van der Waals surface area contributed by atoms with Crippen LogP contribution in [-0.2, 0) is 0 Å². The Kier molecular flexibility index (Phi) is 3.80. The largest absolute Gasteiger partial charge is 0.292 e. The molecular weight excluding hydrogens is 384 g/mol. The van der Waals surface area contributed by atoms with E-state index in [4.69, 9.17) is 4.98 Å². The third-order valence-corrected chi connectivity index (χ3v) is 6.98. The first-order chi connectivity index (χ1) is 14.7. The van der Waals surface area contributed by atoms with E-state index in [1.165, 1.54) is 37.0 Å². The summed E-state index contributed by atoms with van der Waals surface area (Å²) in [6.07, 6.45) is 0. The molecule has 0 amide bonds. The third kappa shape index (κ3) is 2.52. The summed E-state index contributed by atoms with van der Waals surface area (Å²) in [6, 6.07) is 30.2. The number of para-hydroxylation sites is 1. The van der Waals surface area contributed by atoms with Gasteiger partial charge in [0.1, 0.15) is 5.82 Å². The van der Waals surface area contributed by atoms with Gasteiger partial charge in [-0.15, -0.1) is 11.3 Å². The van der Waals surface area contributed by atoms with Gasteiger partial charge in [0.15, 0.2) is 0 Å². The fourth-order valence-corrected chi connectivity index (χ4v) is 5.58. The van der Waals surface area contributed by atoms with Gasteiger partial charge < -0.3 is 0 Å². The average molecular weight is 405 g/mol. The van der Waals surface area contributed by atoms with Crippen molar-refractivity contribution >= 4 is 42.5 Å². The molecule has 0 saturated heterocycles. The van der Waals surface area contributed by atoms with Gasteiger partial charge in [-0.25, -0.2) is 4.98 Å². The van der Waals surface area contributed by atoms with E-state index in [9.17, 15) is 0 Å². The third-order valence-electron chi connectivity index (χ3n) is 5.85. The van der Waals surface area contributed by atoms with E-state index in [0.717, 1.165) is 22.4 Å². The number of hydrogen-bond donors (Lipinski definition) is 0. The van der Waals surface area contributed by atoms with Gasteiger partial charge in [0.05, 0.1) is 16.7 Å². The molecule has 0 aliphatic carbocycles. The Morgan fingerprint density at radius 3 is 2.23 bits per heavy atom. The molecule has 0 N–H and O–H groups in total. The molecular formula is C27H20N2S. The lowest BCUT2D eigenvalue weighted by Crippen LogP contribution is -2.02. The second-order valence-electron chi connectivity index (χ2n) is 7.81. The van der Waals surface area contributed by atoms with Crippen LogP contribution in [0.2, 0.25) is 0 Å². The number of aromatic nitrogens is 2. The van der Waals surface area contributed by atoms with E-state index < -0.39 is 0 Å². The minimum Gasteiger partial charge on any atom is -0.292 e. The van der Waals surface area contributed by atoms with Crippen molar-refractivity contribution in [3.8, 4) is 17.1 Å². The van der Waals surface area contributed by atoms with Crippen molar-refractivity contribution in [3.63, 3.8) is 0 Å². The molecule has 6 aromatic rings. The lowest BCUT2D eigenvalue weighted by atomic mass is 10.1. The van der Waals surface area contributed by atoms with E-state index in [0.29, 0.717) is 0 Å². The van der Waals surface area contributed by atoms with Gasteiger partial charge in [0.25, 0.3) is 0 Å². The highest BCUT2D eigenvalue weighted by Crippen LogP contribution is 2.39. The van der Waals surface area contributed by atoms with Gasteiger partial charge in [-0.2, -0.15) is 0 Å². The molecule has 0 atom stereocenters. The zero-order valence-electron chi connectivity index (χ0n) is 16.9. The normalized spacial score (nSPS) is 11.7. The van der Waals surface area contributed by atoms with Crippen LogP contribution < -0.4 is 0 Å². The molecule has 2 heterocycles. The van der Waals surface area contributed by atoms with Gasteiger partial charge in [-0.3, -0.25) is 4.57 Å². The zero-order chi connectivity index (χ0) is 20.2. The van der Waals surface area contributed by atoms with Crippen LogP contribution in [0.15, 0.2) is 84.9 Å². The van der Waals surface area contributed by atoms with Gasteiger partial charge in [0, 0.05) is 25.7 Å². The smallest absolute Gasteiger partial charge is 0.145 e. The molecule has 0 aliphatic rings. The Morgan fingerprint density at radius 1 is 0.700 bits per heavy atom. The fraction of sp³-hybridized carbons (Fsp3) is 0.0741. The monoisotopic (exact) mass is 404 g/mol. The maximum Gasteiger partial charge on any atom is 0.145 e. The molecule has 0 unspecified atom stereocenters. The molecule has 4 aromatic carbocycles. The lowest BCUT2D eigenvalue weighted by Gasteiger charge is -2.15. The Bertz CT molecular complexity index is 1530. The van der Waals surface area contributed by atoms with Crippen molar-refractivity contribution in [1.29, 1.82) is 0 Å². The van der Waals surface area contributed by atoms with E-state index >= 15 is 0 Å². The molecule has 0 radical (unpaired) electrons. The molecule has 144 valence electrons. The lowest BCUT2D eigenvalue weighted by molar-refractivity contribution is 1.06. The highest BCUT2D eigenvalue weighted by molar-refractivity contribution is 7.25. The minimum absolute atomic E-state index is 0.991. The summed E-state index contributed by atoms with van der Waals surface area (Å²) in [5, 5.41) is 2.59. The van der Waals surface area contributed by atoms with Crippen molar-refractivity contribution in [1.82, 2.24) is 9.55 Å². The topological polar surface area (TPSA) is 17.8 Å². The van der Waals surface area contributed by atoms with Gasteiger partial charge in [0.2, 0.25) is 0 Å².